The molecule has 5 heteroatoms. The van der Waals surface area contributed by atoms with Crippen LogP contribution in [0.15, 0.2) is 36.4 Å². The average Bonchev–Trinajstić information content (AvgIpc) is 2.93. The monoisotopic (exact) mass is 390 g/mol. The smallest absolute Gasteiger partial charge is 0.0843 e. The highest BCUT2D eigenvalue weighted by molar-refractivity contribution is 6.33. The molecule has 1 heterocycles. The molecule has 1 aliphatic rings. The maximum Gasteiger partial charge on any atom is 0.0843 e. The minimum atomic E-state index is -0.443. The van der Waals surface area contributed by atoms with Crippen LogP contribution < -0.4 is 5.32 Å². The van der Waals surface area contributed by atoms with Gasteiger partial charge in [0, 0.05) is 44.4 Å². The topological polar surface area (TPSA) is 37.2 Å². The van der Waals surface area contributed by atoms with Crippen LogP contribution in [0.4, 0.5) is 0 Å². The van der Waals surface area contributed by atoms with Crippen LogP contribution in [0, 0.1) is 0 Å². The summed E-state index contributed by atoms with van der Waals surface area (Å²) >= 11 is 12.4. The van der Waals surface area contributed by atoms with Gasteiger partial charge in [0.15, 0.2) is 0 Å². The van der Waals surface area contributed by atoms with Crippen LogP contribution in [-0.4, -0.2) is 28.4 Å². The number of fused-ring (bicyclic) bond motifs is 3. The van der Waals surface area contributed by atoms with E-state index in [0.29, 0.717) is 29.2 Å². The highest BCUT2D eigenvalue weighted by Crippen LogP contribution is 2.33. The minimum Gasteiger partial charge on any atom is -0.390 e. The van der Waals surface area contributed by atoms with Gasteiger partial charge in [-0.3, -0.25) is 0 Å². The van der Waals surface area contributed by atoms with Crippen molar-refractivity contribution in [2.45, 2.75) is 50.8 Å². The molecule has 0 aliphatic heterocycles. The van der Waals surface area contributed by atoms with Gasteiger partial charge in [0.25, 0.3) is 0 Å². The number of halogens is 2. The van der Waals surface area contributed by atoms with E-state index in [4.69, 9.17) is 23.2 Å². The molecule has 2 aromatic carbocycles. The second-order valence-corrected chi connectivity index (χ2v) is 8.20. The van der Waals surface area contributed by atoms with Crippen LogP contribution >= 0.6 is 23.2 Å². The normalized spacial score (nSPS) is 17.2. The highest BCUT2D eigenvalue weighted by atomic mass is 35.5. The summed E-state index contributed by atoms with van der Waals surface area (Å²) in [5, 5.41) is 17.7. The van der Waals surface area contributed by atoms with Gasteiger partial charge in [-0.15, -0.1) is 0 Å². The molecule has 1 aliphatic carbocycles. The predicted octanol–water partition coefficient (Wildman–Crippen LogP) is 5.38. The van der Waals surface area contributed by atoms with Crippen molar-refractivity contribution in [3.05, 3.63) is 46.4 Å². The Balaban J connectivity index is 1.60. The van der Waals surface area contributed by atoms with E-state index in [1.165, 1.54) is 32.1 Å². The molecule has 0 saturated heterocycles. The molecular weight excluding hydrogens is 367 g/mol. The molecule has 0 bridgehead atoms. The molecule has 1 saturated carbocycles. The summed E-state index contributed by atoms with van der Waals surface area (Å²) in [6, 6.07) is 12.3. The van der Waals surface area contributed by atoms with E-state index in [1.807, 2.05) is 36.4 Å². The zero-order valence-electron chi connectivity index (χ0n) is 14.7. The van der Waals surface area contributed by atoms with Crippen molar-refractivity contribution < 1.29 is 5.11 Å². The summed E-state index contributed by atoms with van der Waals surface area (Å²) in [5.41, 5.74) is 2.15. The number of rotatable bonds is 5. The fraction of sp³-hybridized carbons (Fsp3) is 0.429. The Hall–Kier alpha value is -1.26. The van der Waals surface area contributed by atoms with Crippen molar-refractivity contribution in [2.24, 2.45) is 0 Å². The molecule has 0 spiro atoms. The van der Waals surface area contributed by atoms with Gasteiger partial charge < -0.3 is 15.0 Å². The lowest BCUT2D eigenvalue weighted by molar-refractivity contribution is 0.147. The number of aromatic nitrogens is 1. The first-order valence-corrected chi connectivity index (χ1v) is 10.2. The summed E-state index contributed by atoms with van der Waals surface area (Å²) < 4.78 is 2.17. The summed E-state index contributed by atoms with van der Waals surface area (Å²) in [6.45, 7) is 1.16. The third kappa shape index (κ3) is 3.72. The summed E-state index contributed by atoms with van der Waals surface area (Å²) in [7, 11) is 0. The van der Waals surface area contributed by atoms with Gasteiger partial charge in [0.05, 0.1) is 12.6 Å². The molecule has 4 rings (SSSR count). The third-order valence-corrected chi connectivity index (χ3v) is 5.90. The quantitative estimate of drug-likeness (QED) is 0.612. The molecule has 0 unspecified atom stereocenters. The first-order chi connectivity index (χ1) is 12.6. The Kier molecular flexibility index (Phi) is 5.42. The summed E-state index contributed by atoms with van der Waals surface area (Å²) in [6.07, 6.45) is 5.93. The SMILES string of the molecule is O[C@H](CNC1CCCCC1)Cn1c2ccc(Cl)cc2c2cc(Cl)ccc21. The van der Waals surface area contributed by atoms with E-state index in [2.05, 4.69) is 9.88 Å². The Morgan fingerprint density at radius 3 is 2.12 bits per heavy atom. The van der Waals surface area contributed by atoms with Crippen molar-refractivity contribution in [2.75, 3.05) is 6.54 Å². The lowest BCUT2D eigenvalue weighted by atomic mass is 9.95. The molecule has 2 N–H and O–H groups in total. The number of hydrogen-bond donors (Lipinski definition) is 2. The largest absolute Gasteiger partial charge is 0.390 e. The van der Waals surface area contributed by atoms with Crippen molar-refractivity contribution in [3.63, 3.8) is 0 Å². The predicted molar refractivity (Wildman–Crippen MR) is 110 cm³/mol. The van der Waals surface area contributed by atoms with Crippen LogP contribution in [0.1, 0.15) is 32.1 Å². The van der Waals surface area contributed by atoms with E-state index >= 15 is 0 Å². The molecule has 0 amide bonds. The maximum atomic E-state index is 10.6. The Labute approximate surface area is 163 Å². The van der Waals surface area contributed by atoms with E-state index in [9.17, 15) is 5.11 Å². The maximum absolute atomic E-state index is 10.6. The van der Waals surface area contributed by atoms with Crippen LogP contribution in [-0.2, 0) is 6.54 Å². The third-order valence-electron chi connectivity index (χ3n) is 5.43. The van der Waals surface area contributed by atoms with Gasteiger partial charge in [0.2, 0.25) is 0 Å². The van der Waals surface area contributed by atoms with E-state index in [-0.39, 0.29) is 0 Å². The first-order valence-electron chi connectivity index (χ1n) is 9.40. The van der Waals surface area contributed by atoms with Gasteiger partial charge in [-0.25, -0.2) is 0 Å². The number of aliphatic hydroxyl groups excluding tert-OH is 1. The van der Waals surface area contributed by atoms with Gasteiger partial charge in [-0.1, -0.05) is 42.5 Å². The average molecular weight is 391 g/mol. The first kappa shape index (κ1) is 18.1. The lowest BCUT2D eigenvalue weighted by Crippen LogP contribution is -2.38. The number of aliphatic hydroxyl groups is 1. The van der Waals surface area contributed by atoms with Crippen LogP contribution in [0.25, 0.3) is 21.8 Å². The number of hydrogen-bond acceptors (Lipinski definition) is 2. The minimum absolute atomic E-state index is 0.443. The zero-order chi connectivity index (χ0) is 18.1. The summed E-state index contributed by atoms with van der Waals surface area (Å²) in [5.74, 6) is 0. The van der Waals surface area contributed by atoms with Gasteiger partial charge in [-0.05, 0) is 49.2 Å². The lowest BCUT2D eigenvalue weighted by Gasteiger charge is -2.24. The van der Waals surface area contributed by atoms with Crippen molar-refractivity contribution in [1.29, 1.82) is 0 Å². The molecule has 3 nitrogen and oxygen atoms in total. The van der Waals surface area contributed by atoms with E-state index in [1.54, 1.807) is 0 Å². The van der Waals surface area contributed by atoms with E-state index in [0.717, 1.165) is 21.8 Å². The Bertz CT molecular complexity index is 856. The van der Waals surface area contributed by atoms with Crippen LogP contribution in [0.3, 0.4) is 0 Å². The van der Waals surface area contributed by atoms with Crippen LogP contribution in [0.2, 0.25) is 10.0 Å². The molecular formula is C21H24Cl2N2O. The second-order valence-electron chi connectivity index (χ2n) is 7.33. The number of benzene rings is 2. The van der Waals surface area contributed by atoms with Gasteiger partial charge >= 0.3 is 0 Å². The number of nitrogens with zero attached hydrogens (tertiary/aromatic N) is 1. The van der Waals surface area contributed by atoms with Crippen molar-refractivity contribution >= 4 is 45.0 Å². The fourth-order valence-electron chi connectivity index (χ4n) is 4.13. The Morgan fingerprint density at radius 1 is 0.962 bits per heavy atom. The molecule has 1 atom stereocenters. The van der Waals surface area contributed by atoms with Crippen LogP contribution in [0.5, 0.6) is 0 Å². The number of nitrogens with one attached hydrogen (secondary N) is 1. The van der Waals surface area contributed by atoms with Gasteiger partial charge in [-0.2, -0.15) is 0 Å². The van der Waals surface area contributed by atoms with Crippen molar-refractivity contribution in [3.8, 4) is 0 Å². The molecule has 3 aromatic rings. The summed E-state index contributed by atoms with van der Waals surface area (Å²) in [4.78, 5) is 0. The van der Waals surface area contributed by atoms with E-state index < -0.39 is 6.10 Å². The molecule has 1 fully saturated rings. The molecule has 1 aromatic heterocycles. The highest BCUT2D eigenvalue weighted by Gasteiger charge is 2.17. The van der Waals surface area contributed by atoms with Crippen molar-refractivity contribution in [1.82, 2.24) is 9.88 Å². The second kappa shape index (κ2) is 7.77. The molecule has 0 radical (unpaired) electrons. The van der Waals surface area contributed by atoms with Gasteiger partial charge in [0.1, 0.15) is 0 Å². The molecule has 26 heavy (non-hydrogen) atoms. The Morgan fingerprint density at radius 2 is 1.54 bits per heavy atom. The standard InChI is InChI=1S/C21H24Cl2N2O/c22-14-6-8-20-18(10-14)19-11-15(23)7-9-21(19)25(20)13-17(26)12-24-16-4-2-1-3-5-16/h6-11,16-17,24,26H,1-5,12-13H2/t17-/m1/s1. The molecule has 138 valence electrons. The fourth-order valence-corrected chi connectivity index (χ4v) is 4.47. The zero-order valence-corrected chi connectivity index (χ0v) is 16.2.